The number of carboxylic acids is 1. The molecule has 17 heavy (non-hydrogen) atoms. The first kappa shape index (κ1) is 13.4. The molecule has 0 heterocycles. The van der Waals surface area contributed by atoms with Crippen molar-refractivity contribution in [3.63, 3.8) is 0 Å². The Morgan fingerprint density at radius 3 is 2.59 bits per heavy atom. The van der Waals surface area contributed by atoms with Crippen molar-refractivity contribution in [2.45, 2.75) is 18.7 Å². The summed E-state index contributed by atoms with van der Waals surface area (Å²) in [5, 5.41) is 8.63. The van der Waals surface area contributed by atoms with Gasteiger partial charge in [0.15, 0.2) is 9.84 Å². The summed E-state index contributed by atoms with van der Waals surface area (Å²) in [6.07, 6.45) is 1.05. The standard InChI is InChI=1S/C12H14O4S/c1-3-17(15,16)11-6-4-5-10(8-11)9(2)7-12(13)14/h4-8H,3H2,1-2H3,(H,13,14)/b9-7+. The second-order valence-electron chi connectivity index (χ2n) is 3.60. The van der Waals surface area contributed by atoms with E-state index in [1.807, 2.05) is 0 Å². The number of allylic oxidation sites excluding steroid dienone is 1. The van der Waals surface area contributed by atoms with Crippen LogP contribution in [0, 0.1) is 0 Å². The zero-order chi connectivity index (χ0) is 13.1. The number of aliphatic carboxylic acids is 1. The van der Waals surface area contributed by atoms with Crippen molar-refractivity contribution in [1.82, 2.24) is 0 Å². The van der Waals surface area contributed by atoms with E-state index >= 15 is 0 Å². The molecule has 5 heteroatoms. The van der Waals surface area contributed by atoms with Crippen LogP contribution in [0.25, 0.3) is 5.57 Å². The van der Waals surface area contributed by atoms with E-state index < -0.39 is 15.8 Å². The first-order chi connectivity index (χ1) is 7.86. The van der Waals surface area contributed by atoms with Gasteiger partial charge in [0, 0.05) is 6.08 Å². The average molecular weight is 254 g/mol. The Kier molecular flexibility index (Phi) is 4.07. The maximum absolute atomic E-state index is 11.7. The SMILES string of the molecule is CCS(=O)(=O)c1cccc(/C(C)=C/C(=O)O)c1. The van der Waals surface area contributed by atoms with Crippen LogP contribution in [0.1, 0.15) is 19.4 Å². The first-order valence-corrected chi connectivity index (χ1v) is 6.76. The highest BCUT2D eigenvalue weighted by molar-refractivity contribution is 7.91. The molecule has 1 aromatic rings. The van der Waals surface area contributed by atoms with Gasteiger partial charge in [-0.1, -0.05) is 19.1 Å². The van der Waals surface area contributed by atoms with Crippen LogP contribution in [0.4, 0.5) is 0 Å². The fourth-order valence-electron chi connectivity index (χ4n) is 1.37. The van der Waals surface area contributed by atoms with E-state index in [9.17, 15) is 13.2 Å². The number of hydrogen-bond acceptors (Lipinski definition) is 3. The van der Waals surface area contributed by atoms with Gasteiger partial charge in [0.05, 0.1) is 10.6 Å². The van der Waals surface area contributed by atoms with Crippen molar-refractivity contribution in [3.8, 4) is 0 Å². The molecule has 4 nitrogen and oxygen atoms in total. The van der Waals surface area contributed by atoms with E-state index in [-0.39, 0.29) is 10.6 Å². The molecule has 0 saturated carbocycles. The van der Waals surface area contributed by atoms with Crippen LogP contribution in [0.15, 0.2) is 35.2 Å². The van der Waals surface area contributed by atoms with E-state index in [1.54, 1.807) is 26.0 Å². The topological polar surface area (TPSA) is 71.4 Å². The van der Waals surface area contributed by atoms with E-state index in [2.05, 4.69) is 0 Å². The highest BCUT2D eigenvalue weighted by Gasteiger charge is 2.12. The Hall–Kier alpha value is -1.62. The highest BCUT2D eigenvalue weighted by atomic mass is 32.2. The molecule has 0 aromatic heterocycles. The summed E-state index contributed by atoms with van der Waals surface area (Å²) in [6, 6.07) is 6.30. The van der Waals surface area contributed by atoms with Crippen molar-refractivity contribution in [2.75, 3.05) is 5.75 Å². The average Bonchev–Trinajstić information content (AvgIpc) is 2.28. The minimum Gasteiger partial charge on any atom is -0.478 e. The lowest BCUT2D eigenvalue weighted by Crippen LogP contribution is -2.03. The van der Waals surface area contributed by atoms with Gasteiger partial charge in [-0.3, -0.25) is 0 Å². The van der Waals surface area contributed by atoms with Crippen LogP contribution >= 0.6 is 0 Å². The van der Waals surface area contributed by atoms with Crippen LogP contribution in [0.2, 0.25) is 0 Å². The Morgan fingerprint density at radius 1 is 1.41 bits per heavy atom. The van der Waals surface area contributed by atoms with E-state index in [0.29, 0.717) is 11.1 Å². The third-order valence-corrected chi connectivity index (χ3v) is 4.10. The van der Waals surface area contributed by atoms with Gasteiger partial charge < -0.3 is 5.11 Å². The lowest BCUT2D eigenvalue weighted by Gasteiger charge is -2.05. The van der Waals surface area contributed by atoms with Crippen molar-refractivity contribution in [3.05, 3.63) is 35.9 Å². The van der Waals surface area contributed by atoms with E-state index in [1.165, 1.54) is 12.1 Å². The molecule has 0 fully saturated rings. The summed E-state index contributed by atoms with van der Waals surface area (Å²) in [6.45, 7) is 3.20. The third-order valence-electron chi connectivity index (χ3n) is 2.37. The number of hydrogen-bond donors (Lipinski definition) is 1. The lowest BCUT2D eigenvalue weighted by atomic mass is 10.1. The maximum atomic E-state index is 11.7. The zero-order valence-electron chi connectivity index (χ0n) is 9.67. The van der Waals surface area contributed by atoms with Crippen molar-refractivity contribution >= 4 is 21.4 Å². The number of rotatable bonds is 4. The molecule has 1 N–H and O–H groups in total. The summed E-state index contributed by atoms with van der Waals surface area (Å²) in [4.78, 5) is 10.7. The molecule has 0 aliphatic carbocycles. The fourth-order valence-corrected chi connectivity index (χ4v) is 2.30. The van der Waals surface area contributed by atoms with E-state index in [4.69, 9.17) is 5.11 Å². The smallest absolute Gasteiger partial charge is 0.328 e. The van der Waals surface area contributed by atoms with Gasteiger partial charge in [0.2, 0.25) is 0 Å². The molecule has 0 spiro atoms. The predicted octanol–water partition coefficient (Wildman–Crippen LogP) is 1.97. The third kappa shape index (κ3) is 3.42. The van der Waals surface area contributed by atoms with E-state index in [0.717, 1.165) is 6.08 Å². The van der Waals surface area contributed by atoms with Gasteiger partial charge >= 0.3 is 5.97 Å². The Labute approximate surface area is 101 Å². The molecule has 92 valence electrons. The van der Waals surface area contributed by atoms with Crippen molar-refractivity contribution < 1.29 is 18.3 Å². The minimum atomic E-state index is -3.26. The molecular formula is C12H14O4S. The van der Waals surface area contributed by atoms with Crippen molar-refractivity contribution in [1.29, 1.82) is 0 Å². The molecule has 1 rings (SSSR count). The number of carbonyl (C=O) groups is 1. The monoisotopic (exact) mass is 254 g/mol. The molecule has 0 unspecified atom stereocenters. The quantitative estimate of drug-likeness (QED) is 0.834. The van der Waals surface area contributed by atoms with Gasteiger partial charge in [-0.2, -0.15) is 0 Å². The number of carboxylic acid groups (broad SMARTS) is 1. The molecule has 0 bridgehead atoms. The second-order valence-corrected chi connectivity index (χ2v) is 5.88. The summed E-state index contributed by atoms with van der Waals surface area (Å²) >= 11 is 0. The van der Waals surface area contributed by atoms with Crippen LogP contribution in [0.3, 0.4) is 0 Å². The molecule has 0 atom stereocenters. The van der Waals surface area contributed by atoms with Crippen LogP contribution < -0.4 is 0 Å². The zero-order valence-corrected chi connectivity index (χ0v) is 10.5. The number of sulfone groups is 1. The largest absolute Gasteiger partial charge is 0.478 e. The maximum Gasteiger partial charge on any atom is 0.328 e. The molecule has 1 aromatic carbocycles. The molecule has 0 saturated heterocycles. The highest BCUT2D eigenvalue weighted by Crippen LogP contribution is 2.19. The van der Waals surface area contributed by atoms with Gasteiger partial charge in [-0.05, 0) is 30.2 Å². The van der Waals surface area contributed by atoms with Gasteiger partial charge in [0.25, 0.3) is 0 Å². The first-order valence-electron chi connectivity index (χ1n) is 5.11. The molecule has 0 amide bonds. The van der Waals surface area contributed by atoms with Gasteiger partial charge in [-0.25, -0.2) is 13.2 Å². The summed E-state index contributed by atoms with van der Waals surface area (Å²) < 4.78 is 23.3. The summed E-state index contributed by atoms with van der Waals surface area (Å²) in [5.74, 6) is -1.02. The Morgan fingerprint density at radius 2 is 2.06 bits per heavy atom. The molecule has 0 radical (unpaired) electrons. The predicted molar refractivity (Wildman–Crippen MR) is 65.5 cm³/mol. The normalized spacial score (nSPS) is 12.5. The Bertz CT molecular complexity index is 556. The minimum absolute atomic E-state index is 0.0259. The van der Waals surface area contributed by atoms with Crippen LogP contribution in [-0.4, -0.2) is 25.2 Å². The van der Waals surface area contributed by atoms with Crippen LogP contribution in [0.5, 0.6) is 0 Å². The molecule has 0 aliphatic heterocycles. The molecular weight excluding hydrogens is 240 g/mol. The fraction of sp³-hybridized carbons (Fsp3) is 0.250. The second kappa shape index (κ2) is 5.14. The summed E-state index contributed by atoms with van der Waals surface area (Å²) in [7, 11) is -3.26. The van der Waals surface area contributed by atoms with Crippen molar-refractivity contribution in [2.24, 2.45) is 0 Å². The number of benzene rings is 1. The Balaban J connectivity index is 3.24. The molecule has 0 aliphatic rings. The lowest BCUT2D eigenvalue weighted by molar-refractivity contribution is -0.131. The van der Waals surface area contributed by atoms with Gasteiger partial charge in [0.1, 0.15) is 0 Å². The van der Waals surface area contributed by atoms with Crippen LogP contribution in [-0.2, 0) is 14.6 Å². The van der Waals surface area contributed by atoms with Gasteiger partial charge in [-0.15, -0.1) is 0 Å². The summed E-state index contributed by atoms with van der Waals surface area (Å²) in [5.41, 5.74) is 1.12.